The fourth-order valence-corrected chi connectivity index (χ4v) is 2.38. The lowest BCUT2D eigenvalue weighted by Gasteiger charge is -2.32. The van der Waals surface area contributed by atoms with Gasteiger partial charge in [0.1, 0.15) is 17.5 Å². The summed E-state index contributed by atoms with van der Waals surface area (Å²) in [7, 11) is 0. The van der Waals surface area contributed by atoms with Crippen molar-refractivity contribution >= 4 is 11.6 Å². The van der Waals surface area contributed by atoms with Gasteiger partial charge in [0.2, 0.25) is 0 Å². The smallest absolute Gasteiger partial charge is 0.135 e. The van der Waals surface area contributed by atoms with Gasteiger partial charge in [0.25, 0.3) is 0 Å². The molecule has 0 amide bonds. The largest absolute Gasteiger partial charge is 0.383 e. The van der Waals surface area contributed by atoms with Gasteiger partial charge >= 0.3 is 0 Å². The average Bonchev–Trinajstić information content (AvgIpc) is 2.48. The molecular weight excluding hydrogens is 266 g/mol. The van der Waals surface area contributed by atoms with Crippen LogP contribution in [0.1, 0.15) is 38.1 Å². The molecule has 6 nitrogen and oxygen atoms in total. The van der Waals surface area contributed by atoms with E-state index in [-0.39, 0.29) is 12.0 Å². The lowest BCUT2D eigenvalue weighted by Crippen LogP contribution is -2.45. The van der Waals surface area contributed by atoms with E-state index in [2.05, 4.69) is 41.0 Å². The van der Waals surface area contributed by atoms with Crippen molar-refractivity contribution < 1.29 is 4.74 Å². The molecule has 1 atom stereocenters. The van der Waals surface area contributed by atoms with Gasteiger partial charge in [0, 0.05) is 31.1 Å². The second-order valence-electron chi connectivity index (χ2n) is 5.86. The van der Waals surface area contributed by atoms with Gasteiger partial charge in [-0.1, -0.05) is 20.8 Å². The fraction of sp³-hybridized carbons (Fsp3) is 0.733. The minimum atomic E-state index is 0.191. The summed E-state index contributed by atoms with van der Waals surface area (Å²) < 4.78 is 5.80. The first-order chi connectivity index (χ1) is 10.0. The molecule has 118 valence electrons. The molecule has 0 aromatic carbocycles. The summed E-state index contributed by atoms with van der Waals surface area (Å²) in [5.41, 5.74) is 6.89. The van der Waals surface area contributed by atoms with E-state index in [1.807, 2.05) is 6.92 Å². The molecule has 0 radical (unpaired) electrons. The SMILES string of the molecule is CCN1CCOC(CNc2nc(C(C)C)nc(N)c2C)C1. The summed E-state index contributed by atoms with van der Waals surface area (Å²) in [5, 5.41) is 3.38. The molecule has 1 aromatic rings. The first-order valence-corrected chi connectivity index (χ1v) is 7.73. The monoisotopic (exact) mass is 293 g/mol. The van der Waals surface area contributed by atoms with Crippen LogP contribution >= 0.6 is 0 Å². The number of aromatic nitrogens is 2. The molecule has 2 heterocycles. The van der Waals surface area contributed by atoms with Crippen LogP contribution in [0.2, 0.25) is 0 Å². The number of hydrogen-bond acceptors (Lipinski definition) is 6. The minimum Gasteiger partial charge on any atom is -0.383 e. The van der Waals surface area contributed by atoms with Gasteiger partial charge < -0.3 is 15.8 Å². The molecule has 1 aliphatic rings. The van der Waals surface area contributed by atoms with Crippen molar-refractivity contribution in [2.24, 2.45) is 0 Å². The van der Waals surface area contributed by atoms with Gasteiger partial charge in [-0.25, -0.2) is 9.97 Å². The van der Waals surface area contributed by atoms with Crippen molar-refractivity contribution in [2.45, 2.75) is 39.7 Å². The molecule has 0 bridgehead atoms. The second kappa shape index (κ2) is 7.04. The van der Waals surface area contributed by atoms with E-state index in [0.717, 1.165) is 50.0 Å². The molecule has 1 aliphatic heterocycles. The predicted octanol–water partition coefficient (Wildman–Crippen LogP) is 1.62. The lowest BCUT2D eigenvalue weighted by atomic mass is 10.2. The summed E-state index contributed by atoms with van der Waals surface area (Å²) >= 11 is 0. The number of nitrogens with one attached hydrogen (secondary N) is 1. The van der Waals surface area contributed by atoms with Crippen LogP contribution in [0.4, 0.5) is 11.6 Å². The van der Waals surface area contributed by atoms with Crippen LogP contribution < -0.4 is 11.1 Å². The molecule has 21 heavy (non-hydrogen) atoms. The molecule has 2 rings (SSSR count). The van der Waals surface area contributed by atoms with Crippen molar-refractivity contribution in [1.29, 1.82) is 0 Å². The van der Waals surface area contributed by atoms with Gasteiger partial charge in [-0.05, 0) is 13.5 Å². The Balaban J connectivity index is 2.02. The van der Waals surface area contributed by atoms with Gasteiger partial charge in [-0.3, -0.25) is 4.90 Å². The highest BCUT2D eigenvalue weighted by Gasteiger charge is 2.20. The Morgan fingerprint density at radius 3 is 2.86 bits per heavy atom. The number of morpholine rings is 1. The quantitative estimate of drug-likeness (QED) is 0.859. The Morgan fingerprint density at radius 2 is 2.19 bits per heavy atom. The van der Waals surface area contributed by atoms with Crippen LogP contribution in [0.25, 0.3) is 0 Å². The van der Waals surface area contributed by atoms with Crippen LogP contribution in [0.15, 0.2) is 0 Å². The van der Waals surface area contributed by atoms with Crippen LogP contribution in [0, 0.1) is 6.92 Å². The van der Waals surface area contributed by atoms with Crippen molar-refractivity contribution in [2.75, 3.05) is 43.8 Å². The Morgan fingerprint density at radius 1 is 1.43 bits per heavy atom. The van der Waals surface area contributed by atoms with E-state index in [0.29, 0.717) is 5.82 Å². The summed E-state index contributed by atoms with van der Waals surface area (Å²) in [6.07, 6.45) is 0.191. The Labute approximate surface area is 127 Å². The number of ether oxygens (including phenoxy) is 1. The summed E-state index contributed by atoms with van der Waals surface area (Å²) in [6.45, 7) is 12.8. The predicted molar refractivity (Wildman–Crippen MR) is 85.6 cm³/mol. The van der Waals surface area contributed by atoms with Crippen LogP contribution in [-0.4, -0.2) is 53.8 Å². The molecular formula is C15H27N5O. The molecule has 1 fully saturated rings. The third kappa shape index (κ3) is 4.04. The van der Waals surface area contributed by atoms with Gasteiger partial charge in [-0.2, -0.15) is 0 Å². The maximum Gasteiger partial charge on any atom is 0.135 e. The zero-order chi connectivity index (χ0) is 15.4. The standard InChI is InChI=1S/C15H27N5O/c1-5-20-6-7-21-12(9-20)8-17-15-11(4)13(16)18-14(19-15)10(2)3/h10,12H,5-9H2,1-4H3,(H3,16,17,18,19). The third-order valence-electron chi connectivity index (χ3n) is 3.88. The zero-order valence-electron chi connectivity index (χ0n) is 13.5. The maximum absolute atomic E-state index is 5.98. The maximum atomic E-state index is 5.98. The summed E-state index contributed by atoms with van der Waals surface area (Å²) in [5.74, 6) is 2.41. The molecule has 3 N–H and O–H groups in total. The fourth-order valence-electron chi connectivity index (χ4n) is 2.38. The number of anilines is 2. The molecule has 6 heteroatoms. The molecule has 1 saturated heterocycles. The number of hydrogen-bond donors (Lipinski definition) is 2. The minimum absolute atomic E-state index is 0.191. The van der Waals surface area contributed by atoms with Crippen molar-refractivity contribution in [1.82, 2.24) is 14.9 Å². The van der Waals surface area contributed by atoms with E-state index >= 15 is 0 Å². The molecule has 0 spiro atoms. The number of rotatable bonds is 5. The van der Waals surface area contributed by atoms with Gasteiger partial charge in [0.05, 0.1) is 12.7 Å². The second-order valence-corrected chi connectivity index (χ2v) is 5.86. The highest BCUT2D eigenvalue weighted by atomic mass is 16.5. The first kappa shape index (κ1) is 16.0. The van der Waals surface area contributed by atoms with E-state index in [1.54, 1.807) is 0 Å². The van der Waals surface area contributed by atoms with Crippen molar-refractivity contribution in [3.63, 3.8) is 0 Å². The normalized spacial score (nSPS) is 20.0. The van der Waals surface area contributed by atoms with E-state index in [9.17, 15) is 0 Å². The van der Waals surface area contributed by atoms with Crippen LogP contribution in [0.3, 0.4) is 0 Å². The molecule has 1 unspecified atom stereocenters. The highest BCUT2D eigenvalue weighted by Crippen LogP contribution is 2.21. The molecule has 0 aliphatic carbocycles. The van der Waals surface area contributed by atoms with E-state index < -0.39 is 0 Å². The first-order valence-electron chi connectivity index (χ1n) is 7.73. The van der Waals surface area contributed by atoms with E-state index in [4.69, 9.17) is 10.5 Å². The number of likely N-dealkylation sites (N-methyl/N-ethyl adjacent to an activating group) is 1. The van der Waals surface area contributed by atoms with Crippen LogP contribution in [0.5, 0.6) is 0 Å². The third-order valence-corrected chi connectivity index (χ3v) is 3.88. The Kier molecular flexibility index (Phi) is 5.36. The highest BCUT2D eigenvalue weighted by molar-refractivity contribution is 5.55. The van der Waals surface area contributed by atoms with Gasteiger partial charge in [-0.15, -0.1) is 0 Å². The Bertz CT molecular complexity index is 477. The lowest BCUT2D eigenvalue weighted by molar-refractivity contribution is -0.0192. The number of nitrogens with zero attached hydrogens (tertiary/aromatic N) is 3. The van der Waals surface area contributed by atoms with Crippen LogP contribution in [-0.2, 0) is 4.74 Å². The zero-order valence-corrected chi connectivity index (χ0v) is 13.5. The summed E-state index contributed by atoms with van der Waals surface area (Å²) in [4.78, 5) is 11.3. The van der Waals surface area contributed by atoms with Gasteiger partial charge in [0.15, 0.2) is 0 Å². The number of nitrogen functional groups attached to an aromatic ring is 1. The topological polar surface area (TPSA) is 76.3 Å². The van der Waals surface area contributed by atoms with Crippen molar-refractivity contribution in [3.8, 4) is 0 Å². The Hall–Kier alpha value is -1.40. The number of nitrogens with two attached hydrogens (primary N) is 1. The van der Waals surface area contributed by atoms with Crippen molar-refractivity contribution in [3.05, 3.63) is 11.4 Å². The van der Waals surface area contributed by atoms with E-state index in [1.165, 1.54) is 0 Å². The molecule has 1 aromatic heterocycles. The molecule has 0 saturated carbocycles. The average molecular weight is 293 g/mol. The summed E-state index contributed by atoms with van der Waals surface area (Å²) in [6, 6.07) is 0.